The molecule has 0 N–H and O–H groups in total. The van der Waals surface area contributed by atoms with Crippen molar-refractivity contribution < 1.29 is 13.6 Å². The summed E-state index contributed by atoms with van der Waals surface area (Å²) in [5.41, 5.74) is 0.620. The Bertz CT molecular complexity index is 532. The van der Waals surface area contributed by atoms with E-state index in [1.54, 1.807) is 13.0 Å². The van der Waals surface area contributed by atoms with Gasteiger partial charge in [-0.05, 0) is 36.8 Å². The lowest BCUT2D eigenvalue weighted by atomic mass is 10.1. The highest BCUT2D eigenvalue weighted by atomic mass is 35.5. The molecule has 0 amide bonds. The van der Waals surface area contributed by atoms with Crippen LogP contribution < -0.4 is 0 Å². The van der Waals surface area contributed by atoms with E-state index in [0.29, 0.717) is 5.56 Å². The predicted molar refractivity (Wildman–Crippen MR) is 58.3 cm³/mol. The van der Waals surface area contributed by atoms with Gasteiger partial charge in [-0.1, -0.05) is 11.6 Å². The van der Waals surface area contributed by atoms with Gasteiger partial charge in [0.1, 0.15) is 5.82 Å². The summed E-state index contributed by atoms with van der Waals surface area (Å²) in [6.45, 7) is 1.57. The van der Waals surface area contributed by atoms with Crippen LogP contribution in [-0.4, -0.2) is 5.78 Å². The second-order valence-electron chi connectivity index (χ2n) is 3.39. The maximum atomic E-state index is 13.1. The van der Waals surface area contributed by atoms with Crippen molar-refractivity contribution in [1.82, 2.24) is 0 Å². The minimum Gasteiger partial charge on any atom is -0.461 e. The summed E-state index contributed by atoms with van der Waals surface area (Å²) in [5, 5.41) is 0.0875. The van der Waals surface area contributed by atoms with E-state index >= 15 is 0 Å². The first-order valence-corrected chi connectivity index (χ1v) is 5.01. The van der Waals surface area contributed by atoms with Gasteiger partial charge in [-0.25, -0.2) is 4.39 Å². The average Bonchev–Trinajstić information content (AvgIpc) is 2.75. The molecule has 0 aliphatic carbocycles. The second kappa shape index (κ2) is 4.10. The number of rotatable bonds is 2. The van der Waals surface area contributed by atoms with E-state index in [-0.39, 0.29) is 22.1 Å². The number of carbonyl (C=O) groups is 1. The van der Waals surface area contributed by atoms with Gasteiger partial charge in [0.15, 0.2) is 5.76 Å². The molecule has 0 saturated carbocycles. The van der Waals surface area contributed by atoms with Crippen LogP contribution in [-0.2, 0) is 0 Å². The number of benzene rings is 1. The number of carbonyl (C=O) groups excluding carboxylic acids is 1. The fraction of sp³-hybridized carbons (Fsp3) is 0.0833. The van der Waals surface area contributed by atoms with Gasteiger partial charge in [0.25, 0.3) is 0 Å². The van der Waals surface area contributed by atoms with Gasteiger partial charge in [0, 0.05) is 5.56 Å². The molecule has 16 heavy (non-hydrogen) atoms. The molecule has 2 rings (SSSR count). The predicted octanol–water partition coefficient (Wildman–Crippen LogP) is 3.61. The highest BCUT2D eigenvalue weighted by Gasteiger charge is 2.16. The van der Waals surface area contributed by atoms with Crippen LogP contribution in [0.3, 0.4) is 0 Å². The molecular weight excluding hydrogens is 231 g/mol. The molecule has 1 heterocycles. The highest BCUT2D eigenvalue weighted by molar-refractivity contribution is 6.34. The summed E-state index contributed by atoms with van der Waals surface area (Å²) in [6, 6.07) is 5.70. The molecule has 0 atom stereocenters. The van der Waals surface area contributed by atoms with Crippen LogP contribution in [0.1, 0.15) is 21.7 Å². The largest absolute Gasteiger partial charge is 0.461 e. The normalized spacial score (nSPS) is 10.4. The SMILES string of the molecule is Cc1cc(C(=O)c2ccco2)c(Cl)cc1F. The first kappa shape index (κ1) is 10.9. The van der Waals surface area contributed by atoms with Gasteiger partial charge < -0.3 is 4.42 Å². The Balaban J connectivity index is 2.49. The number of halogens is 2. The number of furan rings is 1. The van der Waals surface area contributed by atoms with Crippen molar-refractivity contribution in [3.63, 3.8) is 0 Å². The van der Waals surface area contributed by atoms with Crippen LogP contribution in [0.5, 0.6) is 0 Å². The summed E-state index contributed by atoms with van der Waals surface area (Å²) in [4.78, 5) is 11.9. The van der Waals surface area contributed by atoms with Crippen LogP contribution in [0.4, 0.5) is 4.39 Å². The van der Waals surface area contributed by atoms with Crippen molar-refractivity contribution in [2.24, 2.45) is 0 Å². The molecule has 2 nitrogen and oxygen atoms in total. The third kappa shape index (κ3) is 1.86. The number of hydrogen-bond donors (Lipinski definition) is 0. The molecule has 0 spiro atoms. The first-order chi connectivity index (χ1) is 7.59. The summed E-state index contributed by atoms with van der Waals surface area (Å²) >= 11 is 5.81. The number of aryl methyl sites for hydroxylation is 1. The molecular formula is C12H8ClFO2. The molecule has 0 radical (unpaired) electrons. The Morgan fingerprint density at radius 1 is 1.44 bits per heavy atom. The highest BCUT2D eigenvalue weighted by Crippen LogP contribution is 2.23. The zero-order chi connectivity index (χ0) is 11.7. The van der Waals surface area contributed by atoms with Crippen LogP contribution in [0.15, 0.2) is 34.9 Å². The number of ketones is 1. The Labute approximate surface area is 96.6 Å². The van der Waals surface area contributed by atoms with Crippen molar-refractivity contribution in [3.05, 3.63) is 58.3 Å². The monoisotopic (exact) mass is 238 g/mol. The van der Waals surface area contributed by atoms with E-state index < -0.39 is 5.82 Å². The van der Waals surface area contributed by atoms with E-state index in [1.165, 1.54) is 18.4 Å². The van der Waals surface area contributed by atoms with Gasteiger partial charge in [-0.3, -0.25) is 4.79 Å². The van der Waals surface area contributed by atoms with Crippen molar-refractivity contribution >= 4 is 17.4 Å². The summed E-state index contributed by atoms with van der Waals surface area (Å²) < 4.78 is 18.1. The van der Waals surface area contributed by atoms with Gasteiger partial charge >= 0.3 is 0 Å². The zero-order valence-electron chi connectivity index (χ0n) is 8.46. The molecule has 1 aromatic carbocycles. The van der Waals surface area contributed by atoms with Crippen LogP contribution in [0.2, 0.25) is 5.02 Å². The van der Waals surface area contributed by atoms with Gasteiger partial charge in [-0.2, -0.15) is 0 Å². The van der Waals surface area contributed by atoms with E-state index in [4.69, 9.17) is 16.0 Å². The molecule has 0 bridgehead atoms. The molecule has 1 aromatic heterocycles. The van der Waals surface area contributed by atoms with Gasteiger partial charge in [0.05, 0.1) is 11.3 Å². The van der Waals surface area contributed by atoms with Crippen LogP contribution in [0, 0.1) is 12.7 Å². The molecule has 0 unspecified atom stereocenters. The standard InChI is InChI=1S/C12H8ClFO2/c1-7-5-8(9(13)6-10(7)14)12(15)11-3-2-4-16-11/h2-6H,1H3. The smallest absolute Gasteiger partial charge is 0.229 e. The zero-order valence-corrected chi connectivity index (χ0v) is 9.22. The van der Waals surface area contributed by atoms with Crippen molar-refractivity contribution in [3.8, 4) is 0 Å². The fourth-order valence-electron chi connectivity index (χ4n) is 1.37. The van der Waals surface area contributed by atoms with Crippen molar-refractivity contribution in [2.75, 3.05) is 0 Å². The fourth-order valence-corrected chi connectivity index (χ4v) is 1.61. The maximum absolute atomic E-state index is 13.1. The van der Waals surface area contributed by atoms with E-state index in [9.17, 15) is 9.18 Å². The van der Waals surface area contributed by atoms with E-state index in [2.05, 4.69) is 0 Å². The number of hydrogen-bond acceptors (Lipinski definition) is 2. The molecule has 0 fully saturated rings. The van der Waals surface area contributed by atoms with Crippen molar-refractivity contribution in [1.29, 1.82) is 0 Å². The first-order valence-electron chi connectivity index (χ1n) is 4.63. The lowest BCUT2D eigenvalue weighted by Gasteiger charge is -2.03. The molecule has 82 valence electrons. The third-order valence-electron chi connectivity index (χ3n) is 2.24. The van der Waals surface area contributed by atoms with E-state index in [1.807, 2.05) is 0 Å². The maximum Gasteiger partial charge on any atom is 0.229 e. The Kier molecular flexibility index (Phi) is 2.79. The molecule has 2 aromatic rings. The Morgan fingerprint density at radius 2 is 2.19 bits per heavy atom. The molecule has 0 aliphatic heterocycles. The van der Waals surface area contributed by atoms with Crippen molar-refractivity contribution in [2.45, 2.75) is 6.92 Å². The summed E-state index contributed by atoms with van der Waals surface area (Å²) in [6.07, 6.45) is 1.40. The lowest BCUT2D eigenvalue weighted by Crippen LogP contribution is -2.02. The molecule has 0 saturated heterocycles. The van der Waals surface area contributed by atoms with Crippen LogP contribution in [0.25, 0.3) is 0 Å². The molecule has 0 aliphatic rings. The quantitative estimate of drug-likeness (QED) is 0.748. The average molecular weight is 239 g/mol. The van der Waals surface area contributed by atoms with Gasteiger partial charge in [0.2, 0.25) is 5.78 Å². The topological polar surface area (TPSA) is 30.2 Å². The summed E-state index contributed by atoms with van der Waals surface area (Å²) in [5.74, 6) is -0.591. The Morgan fingerprint density at radius 3 is 2.81 bits per heavy atom. The minimum atomic E-state index is -0.430. The van der Waals surface area contributed by atoms with E-state index in [0.717, 1.165) is 6.07 Å². The summed E-state index contributed by atoms with van der Waals surface area (Å²) in [7, 11) is 0. The molecule has 4 heteroatoms. The van der Waals surface area contributed by atoms with Crippen LogP contribution >= 0.6 is 11.6 Å². The Hall–Kier alpha value is -1.61. The lowest BCUT2D eigenvalue weighted by molar-refractivity contribution is 0.101. The third-order valence-corrected chi connectivity index (χ3v) is 2.55. The van der Waals surface area contributed by atoms with Gasteiger partial charge in [-0.15, -0.1) is 0 Å². The minimum absolute atomic E-state index is 0.0875. The second-order valence-corrected chi connectivity index (χ2v) is 3.79.